The second-order valence-corrected chi connectivity index (χ2v) is 6.97. The lowest BCUT2D eigenvalue weighted by Gasteiger charge is -2.08. The molecule has 0 unspecified atom stereocenters. The predicted molar refractivity (Wildman–Crippen MR) is 104 cm³/mol. The van der Waals surface area contributed by atoms with Crippen molar-refractivity contribution in [3.05, 3.63) is 77.6 Å². The molecule has 0 aliphatic rings. The molecule has 6 nitrogen and oxygen atoms in total. The number of hydrogen-bond donors (Lipinski definition) is 1. The number of carbonyl (C=O) groups is 2. The second-order valence-electron chi connectivity index (χ2n) is 6.02. The van der Waals surface area contributed by atoms with Crippen LogP contribution in [0.4, 0.5) is 0 Å². The number of amides is 2. The molecule has 0 saturated heterocycles. The molecule has 0 fully saturated rings. The number of nitrogens with one attached hydrogen (secondary N) is 1. The van der Waals surface area contributed by atoms with Crippen molar-refractivity contribution in [3.63, 3.8) is 0 Å². The molecule has 0 aliphatic heterocycles. The summed E-state index contributed by atoms with van der Waals surface area (Å²) < 4.78 is 1.96. The molecule has 1 aromatic heterocycles. The minimum atomic E-state index is -0.340. The molecular weight excluding hydrogens is 360 g/mol. The Labute approximate surface area is 162 Å². The van der Waals surface area contributed by atoms with Crippen molar-refractivity contribution in [2.45, 2.75) is 25.0 Å². The number of rotatable bonds is 7. The van der Waals surface area contributed by atoms with E-state index in [4.69, 9.17) is 0 Å². The van der Waals surface area contributed by atoms with Gasteiger partial charge in [-0.2, -0.15) is 0 Å². The second kappa shape index (κ2) is 9.14. The van der Waals surface area contributed by atoms with Crippen LogP contribution in [0.2, 0.25) is 0 Å². The Kier molecular flexibility index (Phi) is 6.38. The lowest BCUT2D eigenvalue weighted by molar-refractivity contribution is -0.128. The largest absolute Gasteiger partial charge is 0.302 e. The third-order valence-electron chi connectivity index (χ3n) is 3.90. The topological polar surface area (TPSA) is 76.9 Å². The standard InChI is InChI=1S/C20H20N4O2S/c1-15-22-23-20(24(15)13-17-10-6-3-7-11-17)27-14-19(26)21-18(25)12-16-8-4-2-5-9-16/h2-11H,12-14H2,1H3,(H,21,25,26). The monoisotopic (exact) mass is 380 g/mol. The summed E-state index contributed by atoms with van der Waals surface area (Å²) in [7, 11) is 0. The zero-order chi connectivity index (χ0) is 19.1. The maximum atomic E-state index is 12.1. The first kappa shape index (κ1) is 18.8. The van der Waals surface area contributed by atoms with Gasteiger partial charge in [-0.1, -0.05) is 72.4 Å². The van der Waals surface area contributed by atoms with Crippen LogP contribution in [0.5, 0.6) is 0 Å². The third kappa shape index (κ3) is 5.52. The van der Waals surface area contributed by atoms with Gasteiger partial charge in [0.15, 0.2) is 5.16 Å². The van der Waals surface area contributed by atoms with Crippen LogP contribution < -0.4 is 5.32 Å². The highest BCUT2D eigenvalue weighted by atomic mass is 32.2. The number of hydrogen-bond acceptors (Lipinski definition) is 5. The van der Waals surface area contributed by atoms with Gasteiger partial charge in [0.1, 0.15) is 5.82 Å². The summed E-state index contributed by atoms with van der Waals surface area (Å²) in [6.45, 7) is 2.51. The van der Waals surface area contributed by atoms with Crippen LogP contribution in [-0.2, 0) is 22.6 Å². The molecule has 7 heteroatoms. The maximum absolute atomic E-state index is 12.1. The third-order valence-corrected chi connectivity index (χ3v) is 4.87. The quantitative estimate of drug-likeness (QED) is 0.638. The first-order valence-corrected chi connectivity index (χ1v) is 9.53. The summed E-state index contributed by atoms with van der Waals surface area (Å²) in [5.41, 5.74) is 2.00. The summed E-state index contributed by atoms with van der Waals surface area (Å²) >= 11 is 1.27. The Bertz CT molecular complexity index is 910. The van der Waals surface area contributed by atoms with E-state index in [-0.39, 0.29) is 24.0 Å². The average Bonchev–Trinajstić information content (AvgIpc) is 3.01. The summed E-state index contributed by atoms with van der Waals surface area (Å²) in [5.74, 6) is 0.233. The van der Waals surface area contributed by atoms with E-state index in [2.05, 4.69) is 15.5 Å². The van der Waals surface area contributed by atoms with Crippen LogP contribution in [0.3, 0.4) is 0 Å². The molecule has 0 bridgehead atoms. The molecule has 3 rings (SSSR count). The van der Waals surface area contributed by atoms with E-state index in [1.54, 1.807) is 0 Å². The van der Waals surface area contributed by atoms with Crippen molar-refractivity contribution in [3.8, 4) is 0 Å². The predicted octanol–water partition coefficient (Wildman–Crippen LogP) is 2.61. The fourth-order valence-electron chi connectivity index (χ4n) is 2.56. The molecule has 0 spiro atoms. The summed E-state index contributed by atoms with van der Waals surface area (Å²) in [4.78, 5) is 24.1. The first-order chi connectivity index (χ1) is 13.1. The normalized spacial score (nSPS) is 10.6. The van der Waals surface area contributed by atoms with E-state index in [0.717, 1.165) is 17.0 Å². The van der Waals surface area contributed by atoms with Gasteiger partial charge < -0.3 is 4.57 Å². The SMILES string of the molecule is Cc1nnc(SCC(=O)NC(=O)Cc2ccccc2)n1Cc1ccccc1. The van der Waals surface area contributed by atoms with E-state index < -0.39 is 0 Å². The van der Waals surface area contributed by atoms with Crippen LogP contribution in [0.1, 0.15) is 17.0 Å². The number of thioether (sulfide) groups is 1. The van der Waals surface area contributed by atoms with Gasteiger partial charge in [-0.15, -0.1) is 10.2 Å². The number of carbonyl (C=O) groups excluding carboxylic acids is 2. The molecule has 3 aromatic rings. The summed E-state index contributed by atoms with van der Waals surface area (Å²) in [5, 5.41) is 11.3. The lowest BCUT2D eigenvalue weighted by atomic mass is 10.1. The smallest absolute Gasteiger partial charge is 0.237 e. The van der Waals surface area contributed by atoms with E-state index in [1.165, 1.54) is 11.8 Å². The van der Waals surface area contributed by atoms with E-state index in [9.17, 15) is 9.59 Å². The zero-order valence-corrected chi connectivity index (χ0v) is 15.8. The van der Waals surface area contributed by atoms with Crippen molar-refractivity contribution >= 4 is 23.6 Å². The van der Waals surface area contributed by atoms with Gasteiger partial charge in [0.2, 0.25) is 11.8 Å². The van der Waals surface area contributed by atoms with Gasteiger partial charge in [-0.25, -0.2) is 0 Å². The minimum absolute atomic E-state index is 0.105. The fraction of sp³-hybridized carbons (Fsp3) is 0.200. The van der Waals surface area contributed by atoms with E-state index in [1.807, 2.05) is 72.2 Å². The molecule has 2 amide bonds. The molecule has 0 saturated carbocycles. The molecule has 27 heavy (non-hydrogen) atoms. The highest BCUT2D eigenvalue weighted by Gasteiger charge is 2.14. The maximum Gasteiger partial charge on any atom is 0.237 e. The molecule has 2 aromatic carbocycles. The van der Waals surface area contributed by atoms with Crippen molar-refractivity contribution in [2.75, 3.05) is 5.75 Å². The first-order valence-electron chi connectivity index (χ1n) is 8.55. The van der Waals surface area contributed by atoms with Gasteiger partial charge in [-0.3, -0.25) is 14.9 Å². The number of aryl methyl sites for hydroxylation is 1. The van der Waals surface area contributed by atoms with Gasteiger partial charge >= 0.3 is 0 Å². The van der Waals surface area contributed by atoms with E-state index >= 15 is 0 Å². The lowest BCUT2D eigenvalue weighted by Crippen LogP contribution is -2.33. The molecule has 138 valence electrons. The van der Waals surface area contributed by atoms with Crippen LogP contribution in [0, 0.1) is 6.92 Å². The molecule has 0 radical (unpaired) electrons. The highest BCUT2D eigenvalue weighted by molar-refractivity contribution is 7.99. The molecule has 0 aliphatic carbocycles. The van der Waals surface area contributed by atoms with Gasteiger partial charge in [0, 0.05) is 0 Å². The molecular formula is C20H20N4O2S. The number of imide groups is 1. The Morgan fingerprint density at radius 1 is 0.926 bits per heavy atom. The van der Waals surface area contributed by atoms with E-state index in [0.29, 0.717) is 11.7 Å². The van der Waals surface area contributed by atoms with Crippen LogP contribution >= 0.6 is 11.8 Å². The van der Waals surface area contributed by atoms with Crippen LogP contribution in [-0.4, -0.2) is 32.3 Å². The van der Waals surface area contributed by atoms with Gasteiger partial charge in [0.05, 0.1) is 18.7 Å². The van der Waals surface area contributed by atoms with Crippen molar-refractivity contribution < 1.29 is 9.59 Å². The summed E-state index contributed by atoms with van der Waals surface area (Å²) in [6.07, 6.45) is 0.181. The number of benzene rings is 2. The molecule has 0 atom stereocenters. The number of nitrogens with zero attached hydrogens (tertiary/aromatic N) is 3. The highest BCUT2D eigenvalue weighted by Crippen LogP contribution is 2.18. The average molecular weight is 380 g/mol. The van der Waals surface area contributed by atoms with Crippen molar-refractivity contribution in [1.82, 2.24) is 20.1 Å². The number of aromatic nitrogens is 3. The van der Waals surface area contributed by atoms with Crippen LogP contribution in [0.15, 0.2) is 65.8 Å². The van der Waals surface area contributed by atoms with Gasteiger partial charge in [0.25, 0.3) is 0 Å². The summed E-state index contributed by atoms with van der Waals surface area (Å²) in [6, 6.07) is 19.3. The van der Waals surface area contributed by atoms with Crippen molar-refractivity contribution in [1.29, 1.82) is 0 Å². The minimum Gasteiger partial charge on any atom is -0.302 e. The Hall–Kier alpha value is -2.93. The Morgan fingerprint density at radius 3 is 2.22 bits per heavy atom. The van der Waals surface area contributed by atoms with Crippen molar-refractivity contribution in [2.24, 2.45) is 0 Å². The fourth-order valence-corrected chi connectivity index (χ4v) is 3.35. The molecule has 1 N–H and O–H groups in total. The van der Waals surface area contributed by atoms with Gasteiger partial charge in [-0.05, 0) is 18.1 Å². The zero-order valence-electron chi connectivity index (χ0n) is 15.0. The Balaban J connectivity index is 1.54. The molecule has 1 heterocycles. The van der Waals surface area contributed by atoms with Crippen LogP contribution in [0.25, 0.3) is 0 Å². The Morgan fingerprint density at radius 2 is 1.56 bits per heavy atom.